The average Bonchev–Trinajstić information content (AvgIpc) is 3.18. The number of nitrogens with one attached hydrogen (secondary N) is 2. The summed E-state index contributed by atoms with van der Waals surface area (Å²) in [6, 6.07) is 7.83. The quantitative estimate of drug-likeness (QED) is 0.860. The second-order valence-corrected chi connectivity index (χ2v) is 4.89. The van der Waals surface area contributed by atoms with Crippen molar-refractivity contribution in [2.75, 3.05) is 13.1 Å². The van der Waals surface area contributed by atoms with Gasteiger partial charge in [0.25, 0.3) is 5.91 Å². The first kappa shape index (κ1) is 12.8. The van der Waals surface area contributed by atoms with Crippen molar-refractivity contribution in [3.63, 3.8) is 0 Å². The highest BCUT2D eigenvalue weighted by atomic mass is 16.1. The van der Waals surface area contributed by atoms with Crippen LogP contribution in [0.1, 0.15) is 23.2 Å². The minimum Gasteiger partial charge on any atom is -0.350 e. The van der Waals surface area contributed by atoms with Gasteiger partial charge in [0.2, 0.25) is 0 Å². The third kappa shape index (κ3) is 2.70. The average molecular weight is 271 g/mol. The summed E-state index contributed by atoms with van der Waals surface area (Å²) >= 11 is 0. The largest absolute Gasteiger partial charge is 0.350 e. The maximum absolute atomic E-state index is 12.3. The number of carbonyl (C=O) groups is 1. The van der Waals surface area contributed by atoms with Crippen LogP contribution < -0.4 is 10.6 Å². The van der Waals surface area contributed by atoms with Crippen molar-refractivity contribution < 1.29 is 4.79 Å². The van der Waals surface area contributed by atoms with E-state index in [1.165, 1.54) is 6.42 Å². The van der Waals surface area contributed by atoms with Gasteiger partial charge in [-0.25, -0.2) is 0 Å². The van der Waals surface area contributed by atoms with Crippen LogP contribution in [0, 0.1) is 0 Å². The van der Waals surface area contributed by atoms with Crippen molar-refractivity contribution in [3.05, 3.63) is 42.5 Å². The first-order chi connectivity index (χ1) is 9.84. The van der Waals surface area contributed by atoms with E-state index in [0.717, 1.165) is 18.7 Å². The molecule has 104 valence electrons. The Kier molecular flexibility index (Phi) is 3.73. The minimum absolute atomic E-state index is 0.0667. The van der Waals surface area contributed by atoms with Crippen LogP contribution in [0.3, 0.4) is 0 Å². The Labute approximate surface area is 117 Å². The fourth-order valence-corrected chi connectivity index (χ4v) is 2.46. The molecule has 2 N–H and O–H groups in total. The Morgan fingerprint density at radius 2 is 2.15 bits per heavy atom. The van der Waals surface area contributed by atoms with Gasteiger partial charge in [0.1, 0.15) is 12.7 Å². The Morgan fingerprint density at radius 1 is 1.35 bits per heavy atom. The van der Waals surface area contributed by atoms with Gasteiger partial charge in [0.15, 0.2) is 0 Å². The van der Waals surface area contributed by atoms with Gasteiger partial charge in [-0.3, -0.25) is 9.36 Å². The highest BCUT2D eigenvalue weighted by molar-refractivity contribution is 5.97. The number of carbonyl (C=O) groups excluding carboxylic acids is 1. The normalized spacial score (nSPS) is 18.1. The molecular weight excluding hydrogens is 254 g/mol. The lowest BCUT2D eigenvalue weighted by Crippen LogP contribution is -2.37. The summed E-state index contributed by atoms with van der Waals surface area (Å²) in [5.41, 5.74) is 1.42. The van der Waals surface area contributed by atoms with Crippen molar-refractivity contribution >= 4 is 5.91 Å². The molecule has 0 saturated carbocycles. The summed E-state index contributed by atoms with van der Waals surface area (Å²) in [5.74, 6) is -0.0667. The minimum atomic E-state index is -0.0667. The van der Waals surface area contributed by atoms with Crippen LogP contribution in [-0.4, -0.2) is 39.8 Å². The van der Waals surface area contributed by atoms with Crippen molar-refractivity contribution in [2.24, 2.45) is 0 Å². The number of para-hydroxylation sites is 1. The van der Waals surface area contributed by atoms with E-state index in [2.05, 4.69) is 20.8 Å². The lowest BCUT2D eigenvalue weighted by Gasteiger charge is -2.13. The van der Waals surface area contributed by atoms with Gasteiger partial charge < -0.3 is 10.6 Å². The highest BCUT2D eigenvalue weighted by Gasteiger charge is 2.17. The Balaban J connectivity index is 1.74. The van der Waals surface area contributed by atoms with E-state index in [1.54, 1.807) is 17.2 Å². The molecule has 1 saturated heterocycles. The number of hydrogen-bond acceptors (Lipinski definition) is 4. The monoisotopic (exact) mass is 271 g/mol. The molecule has 6 nitrogen and oxygen atoms in total. The first-order valence-corrected chi connectivity index (χ1v) is 6.80. The third-order valence-electron chi connectivity index (χ3n) is 3.52. The fourth-order valence-electron chi connectivity index (χ4n) is 2.46. The summed E-state index contributed by atoms with van der Waals surface area (Å²) in [5, 5.41) is 13.9. The first-order valence-electron chi connectivity index (χ1n) is 6.80. The molecule has 1 unspecified atom stereocenters. The van der Waals surface area contributed by atoms with Crippen molar-refractivity contribution in [1.82, 2.24) is 25.4 Å². The zero-order valence-corrected chi connectivity index (χ0v) is 11.1. The zero-order chi connectivity index (χ0) is 13.8. The number of amides is 1. The summed E-state index contributed by atoms with van der Waals surface area (Å²) < 4.78 is 1.74. The Hall–Kier alpha value is -2.21. The lowest BCUT2D eigenvalue weighted by molar-refractivity contribution is 0.0950. The van der Waals surface area contributed by atoms with E-state index >= 15 is 0 Å². The van der Waals surface area contributed by atoms with E-state index < -0.39 is 0 Å². The van der Waals surface area contributed by atoms with Crippen LogP contribution in [0.15, 0.2) is 36.9 Å². The van der Waals surface area contributed by atoms with Gasteiger partial charge in [-0.05, 0) is 31.5 Å². The number of nitrogens with zero attached hydrogens (tertiary/aromatic N) is 3. The molecule has 0 radical (unpaired) electrons. The van der Waals surface area contributed by atoms with Gasteiger partial charge in [-0.2, -0.15) is 0 Å². The fraction of sp³-hybridized carbons (Fsp3) is 0.357. The summed E-state index contributed by atoms with van der Waals surface area (Å²) in [4.78, 5) is 12.3. The van der Waals surface area contributed by atoms with Crippen LogP contribution in [-0.2, 0) is 0 Å². The smallest absolute Gasteiger partial charge is 0.253 e. The molecule has 0 spiro atoms. The molecule has 0 bridgehead atoms. The lowest BCUT2D eigenvalue weighted by atomic mass is 10.1. The van der Waals surface area contributed by atoms with Crippen LogP contribution in [0.2, 0.25) is 0 Å². The second-order valence-electron chi connectivity index (χ2n) is 4.89. The maximum Gasteiger partial charge on any atom is 0.253 e. The van der Waals surface area contributed by atoms with Gasteiger partial charge in [0.05, 0.1) is 11.3 Å². The zero-order valence-electron chi connectivity index (χ0n) is 11.1. The van der Waals surface area contributed by atoms with Gasteiger partial charge >= 0.3 is 0 Å². The molecule has 2 heterocycles. The maximum atomic E-state index is 12.3. The number of rotatable bonds is 4. The second kappa shape index (κ2) is 5.83. The third-order valence-corrected chi connectivity index (χ3v) is 3.52. The molecule has 1 fully saturated rings. The van der Waals surface area contributed by atoms with Crippen molar-refractivity contribution in [1.29, 1.82) is 0 Å². The van der Waals surface area contributed by atoms with E-state index in [9.17, 15) is 4.79 Å². The summed E-state index contributed by atoms with van der Waals surface area (Å²) in [6.45, 7) is 1.70. The van der Waals surface area contributed by atoms with Crippen LogP contribution >= 0.6 is 0 Å². The molecule has 2 aromatic rings. The van der Waals surface area contributed by atoms with Crippen molar-refractivity contribution in [2.45, 2.75) is 18.9 Å². The Bertz CT molecular complexity index is 575. The van der Waals surface area contributed by atoms with Crippen LogP contribution in [0.4, 0.5) is 0 Å². The summed E-state index contributed by atoms with van der Waals surface area (Å²) in [6.07, 6.45) is 5.47. The molecule has 0 aliphatic carbocycles. The van der Waals surface area contributed by atoms with E-state index in [0.29, 0.717) is 18.2 Å². The molecule has 1 aromatic heterocycles. The molecular formula is C14H17N5O. The molecule has 1 aliphatic heterocycles. The molecule has 1 aliphatic rings. The SMILES string of the molecule is O=C(NCC1CCCN1)c1ccccc1-n1cnnc1. The molecule has 3 rings (SSSR count). The number of hydrogen-bond donors (Lipinski definition) is 2. The van der Waals surface area contributed by atoms with E-state index in [1.807, 2.05) is 24.3 Å². The number of benzene rings is 1. The molecule has 1 atom stereocenters. The molecule has 1 aromatic carbocycles. The topological polar surface area (TPSA) is 71.8 Å². The molecule has 6 heteroatoms. The van der Waals surface area contributed by atoms with Crippen molar-refractivity contribution in [3.8, 4) is 5.69 Å². The highest BCUT2D eigenvalue weighted by Crippen LogP contribution is 2.13. The Morgan fingerprint density at radius 3 is 2.90 bits per heavy atom. The predicted octanol–water partition coefficient (Wildman–Crippen LogP) is 0.749. The van der Waals surface area contributed by atoms with Crippen LogP contribution in [0.25, 0.3) is 5.69 Å². The predicted molar refractivity (Wildman–Crippen MR) is 74.7 cm³/mol. The van der Waals surface area contributed by atoms with Gasteiger partial charge in [0, 0.05) is 12.6 Å². The standard InChI is InChI=1S/C14H17N5O/c20-14(16-8-11-4-3-7-15-11)12-5-1-2-6-13(12)19-9-17-18-10-19/h1-2,5-6,9-11,15H,3-4,7-8H2,(H,16,20). The van der Waals surface area contributed by atoms with E-state index in [4.69, 9.17) is 0 Å². The number of aromatic nitrogens is 3. The van der Waals surface area contributed by atoms with E-state index in [-0.39, 0.29) is 5.91 Å². The van der Waals surface area contributed by atoms with Gasteiger partial charge in [-0.1, -0.05) is 12.1 Å². The molecule has 1 amide bonds. The van der Waals surface area contributed by atoms with Gasteiger partial charge in [-0.15, -0.1) is 10.2 Å². The molecule has 20 heavy (non-hydrogen) atoms. The van der Waals surface area contributed by atoms with Crippen LogP contribution in [0.5, 0.6) is 0 Å². The summed E-state index contributed by atoms with van der Waals surface area (Å²) in [7, 11) is 0.